The van der Waals surface area contributed by atoms with Crippen LogP contribution in [0.3, 0.4) is 0 Å². The van der Waals surface area contributed by atoms with E-state index in [9.17, 15) is 19.5 Å². The zero-order valence-electron chi connectivity index (χ0n) is 13.9. The molecule has 1 atom stereocenters. The lowest BCUT2D eigenvalue weighted by atomic mass is 10.1. The van der Waals surface area contributed by atoms with E-state index < -0.39 is 17.4 Å². The maximum Gasteiger partial charge on any atom is 0.354 e. The predicted octanol–water partition coefficient (Wildman–Crippen LogP) is 1.01. The summed E-state index contributed by atoms with van der Waals surface area (Å²) in [5, 5.41) is 23.5. The molecule has 0 aliphatic heterocycles. The summed E-state index contributed by atoms with van der Waals surface area (Å²) in [7, 11) is 0. The van der Waals surface area contributed by atoms with E-state index in [1.807, 2.05) is 6.07 Å². The van der Waals surface area contributed by atoms with Crippen LogP contribution in [0.4, 0.5) is 0 Å². The van der Waals surface area contributed by atoms with E-state index >= 15 is 0 Å². The number of nitriles is 1. The van der Waals surface area contributed by atoms with E-state index in [0.29, 0.717) is 12.0 Å². The molecule has 1 amide bonds. The van der Waals surface area contributed by atoms with Crippen LogP contribution in [0.15, 0.2) is 35.1 Å². The number of amides is 1. The lowest BCUT2D eigenvalue weighted by Gasteiger charge is -2.14. The third kappa shape index (κ3) is 2.83. The molecule has 27 heavy (non-hydrogen) atoms. The third-order valence-electron chi connectivity index (χ3n) is 4.57. The Labute approximate surface area is 151 Å². The first kappa shape index (κ1) is 16.5. The molecule has 0 unspecified atom stereocenters. The van der Waals surface area contributed by atoms with Crippen LogP contribution >= 0.6 is 0 Å². The number of fused-ring (bicyclic) bond motifs is 2. The normalized spacial score (nSPS) is 15.3. The molecular weight excluding hydrogens is 350 g/mol. The Bertz CT molecular complexity index is 1200. The molecule has 9 heteroatoms. The van der Waals surface area contributed by atoms with Crippen molar-refractivity contribution < 1.29 is 14.7 Å². The number of rotatable bonds is 3. The number of carbonyl (C=O) groups excluding carboxylic acids is 1. The number of aryl methyl sites for hydroxylation is 1. The minimum Gasteiger partial charge on any atom is -0.477 e. The maximum absolute atomic E-state index is 12.6. The molecule has 3 aromatic rings. The van der Waals surface area contributed by atoms with Gasteiger partial charge < -0.3 is 10.4 Å². The zero-order chi connectivity index (χ0) is 19.1. The van der Waals surface area contributed by atoms with Gasteiger partial charge in [0.1, 0.15) is 5.69 Å². The third-order valence-corrected chi connectivity index (χ3v) is 4.57. The first-order chi connectivity index (χ1) is 13.0. The molecule has 134 valence electrons. The number of nitrogens with one attached hydrogen (secondary N) is 2. The fourth-order valence-corrected chi connectivity index (χ4v) is 3.34. The van der Waals surface area contributed by atoms with Gasteiger partial charge in [-0.05, 0) is 36.1 Å². The number of aromatic amines is 1. The molecule has 1 aliphatic rings. The van der Waals surface area contributed by atoms with Gasteiger partial charge >= 0.3 is 5.97 Å². The van der Waals surface area contributed by atoms with Gasteiger partial charge in [-0.25, -0.2) is 14.3 Å². The summed E-state index contributed by atoms with van der Waals surface area (Å²) in [5.41, 5.74) is 1.69. The van der Waals surface area contributed by atoms with E-state index in [4.69, 9.17) is 5.26 Å². The smallest absolute Gasteiger partial charge is 0.354 e. The van der Waals surface area contributed by atoms with Gasteiger partial charge in [0.2, 0.25) is 0 Å². The summed E-state index contributed by atoms with van der Waals surface area (Å²) in [4.78, 5) is 39.6. The van der Waals surface area contributed by atoms with Gasteiger partial charge in [0.25, 0.3) is 11.5 Å². The molecule has 0 saturated carbocycles. The Balaban J connectivity index is 1.66. The molecule has 2 aromatic heterocycles. The fourth-order valence-electron chi connectivity index (χ4n) is 3.34. The van der Waals surface area contributed by atoms with Crippen LogP contribution in [-0.4, -0.2) is 31.6 Å². The van der Waals surface area contributed by atoms with E-state index in [-0.39, 0.29) is 23.1 Å². The predicted molar refractivity (Wildman–Crippen MR) is 92.5 cm³/mol. The lowest BCUT2D eigenvalue weighted by Crippen LogP contribution is -2.28. The fraction of sp³-hybridized carbons (Fsp3) is 0.167. The molecule has 2 heterocycles. The second kappa shape index (κ2) is 6.10. The Morgan fingerprint density at radius 1 is 1.33 bits per heavy atom. The second-order valence-electron chi connectivity index (χ2n) is 6.24. The standard InChI is InChI=1S/C18H13N5O4/c19-8-9-1-3-11-10(5-9)2-4-12(11)21-17(25)13-6-14(18(26)27)23-15(20-13)7-16(24)22-23/h1,3,5-7,12H,2,4H2,(H,21,25)(H,22,24)(H,26,27)/t12-/m0/s1. The summed E-state index contributed by atoms with van der Waals surface area (Å²) in [6, 6.07) is 9.40. The first-order valence-electron chi connectivity index (χ1n) is 8.16. The van der Waals surface area contributed by atoms with Crippen molar-refractivity contribution >= 4 is 17.5 Å². The summed E-state index contributed by atoms with van der Waals surface area (Å²) in [6.45, 7) is 0. The number of aromatic nitrogens is 3. The molecule has 0 radical (unpaired) electrons. The van der Waals surface area contributed by atoms with Crippen molar-refractivity contribution in [1.82, 2.24) is 19.9 Å². The van der Waals surface area contributed by atoms with E-state index in [2.05, 4.69) is 21.5 Å². The molecule has 9 nitrogen and oxygen atoms in total. The number of carboxylic acid groups (broad SMARTS) is 1. The van der Waals surface area contributed by atoms with Crippen molar-refractivity contribution in [2.24, 2.45) is 0 Å². The van der Waals surface area contributed by atoms with Gasteiger partial charge in [-0.3, -0.25) is 14.7 Å². The van der Waals surface area contributed by atoms with Crippen molar-refractivity contribution in [2.45, 2.75) is 18.9 Å². The number of hydrogen-bond donors (Lipinski definition) is 3. The van der Waals surface area contributed by atoms with Crippen LogP contribution in [0.1, 0.15) is 50.1 Å². The van der Waals surface area contributed by atoms with Crippen molar-refractivity contribution in [3.63, 3.8) is 0 Å². The van der Waals surface area contributed by atoms with Crippen LogP contribution < -0.4 is 10.9 Å². The van der Waals surface area contributed by atoms with Gasteiger partial charge in [-0.1, -0.05) is 6.07 Å². The molecule has 0 spiro atoms. The average molecular weight is 363 g/mol. The highest BCUT2D eigenvalue weighted by atomic mass is 16.4. The number of benzene rings is 1. The molecule has 0 bridgehead atoms. The minimum atomic E-state index is -1.29. The Hall–Kier alpha value is -3.93. The maximum atomic E-state index is 12.6. The van der Waals surface area contributed by atoms with Crippen LogP contribution in [0, 0.1) is 11.3 Å². The molecule has 4 rings (SSSR count). The Kier molecular flexibility index (Phi) is 3.74. The summed E-state index contributed by atoms with van der Waals surface area (Å²) < 4.78 is 1.02. The van der Waals surface area contributed by atoms with Gasteiger partial charge in [-0.2, -0.15) is 5.26 Å². The Morgan fingerprint density at radius 3 is 2.89 bits per heavy atom. The molecule has 1 aromatic carbocycles. The number of H-pyrrole nitrogens is 1. The number of carbonyl (C=O) groups is 2. The molecule has 1 aliphatic carbocycles. The minimum absolute atomic E-state index is 0.0514. The lowest BCUT2D eigenvalue weighted by molar-refractivity contribution is 0.0687. The highest BCUT2D eigenvalue weighted by molar-refractivity contribution is 5.96. The van der Waals surface area contributed by atoms with Crippen LogP contribution in [0.2, 0.25) is 0 Å². The summed E-state index contributed by atoms with van der Waals surface area (Å²) >= 11 is 0. The van der Waals surface area contributed by atoms with Crippen LogP contribution in [-0.2, 0) is 6.42 Å². The monoisotopic (exact) mass is 363 g/mol. The largest absolute Gasteiger partial charge is 0.477 e. The quantitative estimate of drug-likeness (QED) is 0.634. The van der Waals surface area contributed by atoms with Crippen LogP contribution in [0.5, 0.6) is 0 Å². The van der Waals surface area contributed by atoms with Crippen molar-refractivity contribution in [2.75, 3.05) is 0 Å². The summed E-state index contributed by atoms with van der Waals surface area (Å²) in [6.07, 6.45) is 1.41. The molecular formula is C18H13N5O4. The summed E-state index contributed by atoms with van der Waals surface area (Å²) in [5.74, 6) is -1.82. The topological polar surface area (TPSA) is 140 Å². The SMILES string of the molecule is N#Cc1ccc2c(c1)CC[C@@H]2NC(=O)c1cc(C(=O)O)n2[nH]c(=O)cc2n1. The van der Waals surface area contributed by atoms with Gasteiger partial charge in [0.05, 0.1) is 17.7 Å². The van der Waals surface area contributed by atoms with E-state index in [0.717, 1.165) is 34.2 Å². The van der Waals surface area contributed by atoms with E-state index in [1.54, 1.807) is 12.1 Å². The molecule has 0 saturated heterocycles. The van der Waals surface area contributed by atoms with Crippen molar-refractivity contribution in [3.05, 3.63) is 68.8 Å². The highest BCUT2D eigenvalue weighted by Crippen LogP contribution is 2.31. The molecule has 3 N–H and O–H groups in total. The van der Waals surface area contributed by atoms with Crippen molar-refractivity contribution in [1.29, 1.82) is 5.26 Å². The van der Waals surface area contributed by atoms with Gasteiger partial charge in [0.15, 0.2) is 11.3 Å². The first-order valence-corrected chi connectivity index (χ1v) is 8.16. The highest BCUT2D eigenvalue weighted by Gasteiger charge is 2.26. The van der Waals surface area contributed by atoms with Crippen molar-refractivity contribution in [3.8, 4) is 6.07 Å². The number of aromatic carboxylic acids is 1. The van der Waals surface area contributed by atoms with Gasteiger partial charge in [-0.15, -0.1) is 0 Å². The number of carboxylic acids is 1. The zero-order valence-corrected chi connectivity index (χ0v) is 13.9. The van der Waals surface area contributed by atoms with E-state index in [1.165, 1.54) is 0 Å². The second-order valence-corrected chi connectivity index (χ2v) is 6.24. The molecule has 0 fully saturated rings. The average Bonchev–Trinajstić information content (AvgIpc) is 3.22. The Morgan fingerprint density at radius 2 is 2.15 bits per heavy atom. The number of nitrogens with zero attached hydrogens (tertiary/aromatic N) is 3. The van der Waals surface area contributed by atoms with Crippen LogP contribution in [0.25, 0.3) is 5.65 Å². The van der Waals surface area contributed by atoms with Gasteiger partial charge in [0, 0.05) is 12.1 Å². The number of hydrogen-bond acceptors (Lipinski definition) is 5.